The summed E-state index contributed by atoms with van der Waals surface area (Å²) < 4.78 is 10.6. The summed E-state index contributed by atoms with van der Waals surface area (Å²) in [4.78, 5) is 16.6. The van der Waals surface area contributed by atoms with Gasteiger partial charge in [-0.3, -0.25) is 4.79 Å². The fourth-order valence-corrected chi connectivity index (χ4v) is 2.63. The lowest BCUT2D eigenvalue weighted by molar-refractivity contribution is -0.148. The van der Waals surface area contributed by atoms with E-state index in [2.05, 4.69) is 4.98 Å². The van der Waals surface area contributed by atoms with E-state index in [9.17, 15) is 9.90 Å². The Bertz CT molecular complexity index is 797. The van der Waals surface area contributed by atoms with Crippen LogP contribution >= 0.6 is 0 Å². The predicted molar refractivity (Wildman–Crippen MR) is 84.8 cm³/mol. The van der Waals surface area contributed by atoms with Crippen molar-refractivity contribution in [2.24, 2.45) is 0 Å². The first-order valence-electron chi connectivity index (χ1n) is 7.44. The molecule has 5 nitrogen and oxygen atoms in total. The van der Waals surface area contributed by atoms with Crippen LogP contribution in [0, 0.1) is 0 Å². The van der Waals surface area contributed by atoms with E-state index >= 15 is 0 Å². The molecule has 3 rings (SSSR count). The highest BCUT2D eigenvalue weighted by Crippen LogP contribution is 2.36. The summed E-state index contributed by atoms with van der Waals surface area (Å²) >= 11 is 0. The topological polar surface area (TPSA) is 72.6 Å². The van der Waals surface area contributed by atoms with Gasteiger partial charge < -0.3 is 14.3 Å². The van der Waals surface area contributed by atoms with E-state index in [-0.39, 0.29) is 6.61 Å². The van der Waals surface area contributed by atoms with E-state index in [4.69, 9.17) is 9.15 Å². The minimum Gasteiger partial charge on any atom is -0.465 e. The Labute approximate surface area is 133 Å². The van der Waals surface area contributed by atoms with Crippen molar-refractivity contribution in [2.75, 3.05) is 6.61 Å². The van der Waals surface area contributed by atoms with E-state index in [0.717, 1.165) is 0 Å². The second-order valence-corrected chi connectivity index (χ2v) is 5.13. The zero-order valence-corrected chi connectivity index (χ0v) is 12.7. The summed E-state index contributed by atoms with van der Waals surface area (Å²) in [6, 6.07) is 12.6. The first kappa shape index (κ1) is 15.2. The zero-order chi connectivity index (χ0) is 16.2. The molecule has 0 radical (unpaired) electrons. The largest absolute Gasteiger partial charge is 0.465 e. The van der Waals surface area contributed by atoms with Gasteiger partial charge in [-0.25, -0.2) is 4.98 Å². The molecule has 0 saturated heterocycles. The fourth-order valence-electron chi connectivity index (χ4n) is 2.63. The number of esters is 1. The van der Waals surface area contributed by atoms with Crippen molar-refractivity contribution in [3.8, 4) is 0 Å². The first-order chi connectivity index (χ1) is 11.2. The highest BCUT2D eigenvalue weighted by molar-refractivity contribution is 5.87. The van der Waals surface area contributed by atoms with Gasteiger partial charge in [0.05, 0.1) is 19.0 Å². The quantitative estimate of drug-likeness (QED) is 0.732. The number of ether oxygens (including phenoxy) is 1. The van der Waals surface area contributed by atoms with E-state index in [1.165, 1.54) is 6.26 Å². The monoisotopic (exact) mass is 311 g/mol. The average molecular weight is 311 g/mol. The van der Waals surface area contributed by atoms with Crippen LogP contribution in [0.2, 0.25) is 0 Å². The molecule has 0 aliphatic heterocycles. The summed E-state index contributed by atoms with van der Waals surface area (Å²) in [5.41, 5.74) is 1.64. The van der Waals surface area contributed by atoms with Crippen LogP contribution < -0.4 is 0 Å². The van der Waals surface area contributed by atoms with Gasteiger partial charge in [-0.2, -0.15) is 0 Å². The van der Waals surface area contributed by atoms with Crippen molar-refractivity contribution in [1.29, 1.82) is 0 Å². The highest BCUT2D eigenvalue weighted by Gasteiger charge is 2.33. The van der Waals surface area contributed by atoms with Crippen LogP contribution in [0.4, 0.5) is 0 Å². The number of aliphatic hydroxyl groups is 1. The Kier molecular flexibility index (Phi) is 4.39. The lowest BCUT2D eigenvalue weighted by Gasteiger charge is -2.21. The number of furan rings is 1. The van der Waals surface area contributed by atoms with E-state index in [1.807, 2.05) is 24.3 Å². The van der Waals surface area contributed by atoms with Crippen molar-refractivity contribution in [2.45, 2.75) is 18.9 Å². The smallest absolute Gasteiger partial charge is 0.316 e. The molecular weight excluding hydrogens is 294 g/mol. The maximum absolute atomic E-state index is 12.5. The number of aromatic nitrogens is 1. The van der Waals surface area contributed by atoms with Crippen molar-refractivity contribution in [3.63, 3.8) is 0 Å². The summed E-state index contributed by atoms with van der Waals surface area (Å²) in [5.74, 6) is -1.36. The maximum atomic E-state index is 12.5. The molecule has 2 aromatic heterocycles. The molecule has 0 aliphatic carbocycles. The van der Waals surface area contributed by atoms with Gasteiger partial charge in [0.15, 0.2) is 0 Å². The number of carbonyl (C=O) groups excluding carboxylic acids is 1. The third-order valence-corrected chi connectivity index (χ3v) is 3.71. The molecule has 2 atom stereocenters. The van der Waals surface area contributed by atoms with Gasteiger partial charge in [-0.1, -0.05) is 30.3 Å². The van der Waals surface area contributed by atoms with Crippen molar-refractivity contribution < 1.29 is 19.1 Å². The van der Waals surface area contributed by atoms with Crippen LogP contribution in [0.3, 0.4) is 0 Å². The lowest BCUT2D eigenvalue weighted by Crippen LogP contribution is -2.22. The molecule has 1 aromatic carbocycles. The standard InChI is InChI=1S/C18H17NO4/c1-2-22-18(21)15(16(20)12-7-4-3-5-8-12)14-11-23-17-13(14)9-6-10-19-17/h3-11,15-16,20H,2H2,1H3/t15-,16-/m0/s1. The Morgan fingerprint density at radius 1 is 1.26 bits per heavy atom. The normalized spacial score (nSPS) is 13.7. The molecule has 2 heterocycles. The van der Waals surface area contributed by atoms with Gasteiger partial charge in [-0.05, 0) is 24.6 Å². The zero-order valence-electron chi connectivity index (χ0n) is 12.7. The summed E-state index contributed by atoms with van der Waals surface area (Å²) in [5, 5.41) is 11.4. The minimum absolute atomic E-state index is 0.241. The predicted octanol–water partition coefficient (Wildman–Crippen LogP) is 3.21. The van der Waals surface area contributed by atoms with Gasteiger partial charge in [0.25, 0.3) is 0 Å². The number of benzene rings is 1. The van der Waals surface area contributed by atoms with Crippen molar-refractivity contribution >= 4 is 17.1 Å². The molecule has 0 spiro atoms. The summed E-state index contributed by atoms with van der Waals surface area (Å²) in [6.07, 6.45) is 2.05. The van der Waals surface area contributed by atoms with E-state index in [0.29, 0.717) is 22.2 Å². The van der Waals surface area contributed by atoms with Gasteiger partial charge >= 0.3 is 5.97 Å². The van der Waals surface area contributed by atoms with Crippen LogP contribution in [0.25, 0.3) is 11.1 Å². The van der Waals surface area contributed by atoms with Crippen LogP contribution in [0.5, 0.6) is 0 Å². The summed E-state index contributed by atoms with van der Waals surface area (Å²) in [7, 11) is 0. The van der Waals surface area contributed by atoms with Gasteiger partial charge in [-0.15, -0.1) is 0 Å². The molecule has 118 valence electrons. The Morgan fingerprint density at radius 3 is 2.78 bits per heavy atom. The summed E-state index contributed by atoms with van der Waals surface area (Å²) in [6.45, 7) is 1.98. The molecule has 1 N–H and O–H groups in total. The fraction of sp³-hybridized carbons (Fsp3) is 0.222. The number of rotatable bonds is 5. The number of nitrogens with zero attached hydrogens (tertiary/aromatic N) is 1. The van der Waals surface area contributed by atoms with Crippen molar-refractivity contribution in [1.82, 2.24) is 4.98 Å². The number of carbonyl (C=O) groups is 1. The Balaban J connectivity index is 2.07. The first-order valence-corrected chi connectivity index (χ1v) is 7.44. The van der Waals surface area contributed by atoms with Gasteiger partial charge in [0, 0.05) is 17.1 Å². The number of hydrogen-bond acceptors (Lipinski definition) is 5. The highest BCUT2D eigenvalue weighted by atomic mass is 16.5. The molecule has 0 unspecified atom stereocenters. The van der Waals surface area contributed by atoms with Crippen LogP contribution in [0.15, 0.2) is 59.3 Å². The Morgan fingerprint density at radius 2 is 2.04 bits per heavy atom. The van der Waals surface area contributed by atoms with Crippen LogP contribution in [0.1, 0.15) is 30.1 Å². The third-order valence-electron chi connectivity index (χ3n) is 3.71. The van der Waals surface area contributed by atoms with E-state index in [1.54, 1.807) is 31.3 Å². The van der Waals surface area contributed by atoms with E-state index < -0.39 is 18.0 Å². The maximum Gasteiger partial charge on any atom is 0.316 e. The molecule has 5 heteroatoms. The van der Waals surface area contributed by atoms with Gasteiger partial charge in [0.1, 0.15) is 5.92 Å². The number of fused-ring (bicyclic) bond motifs is 1. The minimum atomic E-state index is -1.03. The second kappa shape index (κ2) is 6.62. The van der Waals surface area contributed by atoms with Crippen LogP contribution in [-0.4, -0.2) is 22.7 Å². The molecule has 3 aromatic rings. The number of aliphatic hydroxyl groups excluding tert-OH is 1. The molecular formula is C18H17NO4. The lowest BCUT2D eigenvalue weighted by atomic mass is 9.89. The van der Waals surface area contributed by atoms with Gasteiger partial charge in [0.2, 0.25) is 5.71 Å². The number of pyridine rings is 1. The SMILES string of the molecule is CCOC(=O)[C@@H](c1coc2ncccc12)[C@@H](O)c1ccccc1. The Hall–Kier alpha value is -2.66. The molecule has 23 heavy (non-hydrogen) atoms. The average Bonchev–Trinajstić information content (AvgIpc) is 3.00. The second-order valence-electron chi connectivity index (χ2n) is 5.13. The number of hydrogen-bond donors (Lipinski definition) is 1. The van der Waals surface area contributed by atoms with Crippen LogP contribution in [-0.2, 0) is 9.53 Å². The molecule has 0 amide bonds. The molecule has 0 aliphatic rings. The molecule has 0 fully saturated rings. The molecule has 0 saturated carbocycles. The third kappa shape index (κ3) is 2.96. The van der Waals surface area contributed by atoms with Crippen molar-refractivity contribution in [3.05, 3.63) is 66.1 Å². The molecule has 0 bridgehead atoms.